The summed E-state index contributed by atoms with van der Waals surface area (Å²) >= 11 is 0. The molecule has 0 bridgehead atoms. The Morgan fingerprint density at radius 3 is 1.84 bits per heavy atom. The van der Waals surface area contributed by atoms with Gasteiger partial charge in [0.25, 0.3) is 0 Å². The molecule has 0 unspecified atom stereocenters. The molecule has 1 aromatic rings. The van der Waals surface area contributed by atoms with E-state index in [4.69, 9.17) is 9.79 Å². The van der Waals surface area contributed by atoms with Crippen LogP contribution in [-0.4, -0.2) is 32.8 Å². The Kier molecular flexibility index (Phi) is 17.2. The normalized spacial score (nSPS) is 13.3. The number of carboxylic acids is 1. The van der Waals surface area contributed by atoms with Gasteiger partial charge in [-0.15, -0.1) is 0 Å². The second kappa shape index (κ2) is 19.9. The Bertz CT molecular complexity index is 1020. The molecule has 4 N–H and O–H groups in total. The maximum Gasteiger partial charge on any atom is 0.524 e. The first-order chi connectivity index (χ1) is 18.2. The molecule has 0 heterocycles. The van der Waals surface area contributed by atoms with Crippen molar-refractivity contribution in [2.45, 2.75) is 70.8 Å². The van der Waals surface area contributed by atoms with E-state index in [1.165, 1.54) is 24.3 Å². The number of hydrogen-bond donors (Lipinski definition) is 4. The monoisotopic (exact) mass is 545 g/mol. The molecule has 0 saturated heterocycles. The average Bonchev–Trinajstić information content (AvgIpc) is 2.85. The van der Waals surface area contributed by atoms with E-state index in [2.05, 4.69) is 65.4 Å². The van der Waals surface area contributed by atoms with Gasteiger partial charge in [-0.25, -0.2) is 9.36 Å². The summed E-state index contributed by atoms with van der Waals surface area (Å²) in [5, 5.41) is 12.0. The van der Waals surface area contributed by atoms with Crippen LogP contribution < -0.4 is 9.84 Å². The van der Waals surface area contributed by atoms with Crippen molar-refractivity contribution in [1.82, 2.24) is 5.32 Å². The summed E-state index contributed by atoms with van der Waals surface area (Å²) in [6.45, 7) is 2.13. The summed E-state index contributed by atoms with van der Waals surface area (Å²) in [7, 11) is -4.66. The molecule has 0 aliphatic rings. The van der Waals surface area contributed by atoms with Crippen LogP contribution in [0.4, 0.5) is 0 Å². The van der Waals surface area contributed by atoms with Crippen LogP contribution in [0.1, 0.15) is 63.9 Å². The number of phosphoric ester groups is 1. The smallest absolute Gasteiger partial charge is 0.480 e. The van der Waals surface area contributed by atoms with Crippen molar-refractivity contribution >= 4 is 19.7 Å². The van der Waals surface area contributed by atoms with Crippen molar-refractivity contribution < 1.29 is 33.6 Å². The van der Waals surface area contributed by atoms with Crippen molar-refractivity contribution in [2.24, 2.45) is 0 Å². The molecule has 0 aliphatic carbocycles. The van der Waals surface area contributed by atoms with Gasteiger partial charge in [-0.2, -0.15) is 0 Å². The fraction of sp³-hybridized carbons (Fsp3) is 0.379. The number of phosphoric acid groups is 1. The van der Waals surface area contributed by atoms with E-state index in [1.807, 2.05) is 12.2 Å². The zero-order chi connectivity index (χ0) is 28.1. The number of rotatable bonds is 19. The van der Waals surface area contributed by atoms with Gasteiger partial charge >= 0.3 is 13.8 Å². The zero-order valence-electron chi connectivity index (χ0n) is 21.9. The third kappa shape index (κ3) is 18.1. The van der Waals surface area contributed by atoms with Gasteiger partial charge in [-0.1, -0.05) is 79.8 Å². The molecule has 0 radical (unpaired) electrons. The van der Waals surface area contributed by atoms with Crippen LogP contribution in [-0.2, 0) is 20.6 Å². The number of carbonyl (C=O) groups excluding carboxylic acids is 1. The maximum absolute atomic E-state index is 12.2. The third-order valence-electron chi connectivity index (χ3n) is 5.15. The Morgan fingerprint density at radius 1 is 0.868 bits per heavy atom. The predicted molar refractivity (Wildman–Crippen MR) is 151 cm³/mol. The van der Waals surface area contributed by atoms with Crippen molar-refractivity contribution in [3.05, 3.63) is 90.6 Å². The van der Waals surface area contributed by atoms with Crippen molar-refractivity contribution in [3.63, 3.8) is 0 Å². The van der Waals surface area contributed by atoms with Gasteiger partial charge < -0.3 is 14.9 Å². The lowest BCUT2D eigenvalue weighted by molar-refractivity contribution is -0.141. The molecule has 1 amide bonds. The third-order valence-corrected chi connectivity index (χ3v) is 5.60. The van der Waals surface area contributed by atoms with E-state index in [0.717, 1.165) is 38.5 Å². The van der Waals surface area contributed by atoms with E-state index in [9.17, 15) is 19.3 Å². The first-order valence-electron chi connectivity index (χ1n) is 12.8. The molecule has 1 rings (SSSR count). The number of carbonyl (C=O) groups is 2. The Balaban J connectivity index is 2.23. The van der Waals surface area contributed by atoms with Crippen LogP contribution in [0.5, 0.6) is 5.75 Å². The molecule has 38 heavy (non-hydrogen) atoms. The molecule has 0 aromatic heterocycles. The number of amides is 1. The Labute approximate surface area is 225 Å². The highest BCUT2D eigenvalue weighted by Crippen LogP contribution is 2.37. The highest BCUT2D eigenvalue weighted by atomic mass is 31.2. The Hall–Kier alpha value is -3.19. The molecule has 0 aliphatic heterocycles. The van der Waals surface area contributed by atoms with Gasteiger partial charge in [-0.05, 0) is 62.6 Å². The average molecular weight is 546 g/mol. The lowest BCUT2D eigenvalue weighted by Gasteiger charge is -2.15. The summed E-state index contributed by atoms with van der Waals surface area (Å²) in [4.78, 5) is 41.4. The summed E-state index contributed by atoms with van der Waals surface area (Å²) in [6.07, 6.45) is 27.5. The number of unbranched alkanes of at least 4 members (excludes halogenated alkanes) is 1. The number of carboxylic acid groups (broad SMARTS) is 1. The first kappa shape index (κ1) is 32.8. The van der Waals surface area contributed by atoms with Gasteiger partial charge in [0, 0.05) is 12.8 Å². The van der Waals surface area contributed by atoms with E-state index < -0.39 is 19.8 Å². The fourth-order valence-corrected chi connectivity index (χ4v) is 3.67. The Morgan fingerprint density at radius 2 is 1.37 bits per heavy atom. The van der Waals surface area contributed by atoms with Crippen LogP contribution in [0.2, 0.25) is 0 Å². The maximum atomic E-state index is 12.2. The lowest BCUT2D eigenvalue weighted by Crippen LogP contribution is -2.42. The number of benzene rings is 1. The molecular formula is C29H40NO7P. The largest absolute Gasteiger partial charge is 0.524 e. The van der Waals surface area contributed by atoms with Gasteiger partial charge in [0.15, 0.2) is 0 Å². The van der Waals surface area contributed by atoms with Gasteiger partial charge in [0.2, 0.25) is 5.91 Å². The molecule has 8 nitrogen and oxygen atoms in total. The zero-order valence-corrected chi connectivity index (χ0v) is 22.8. The molecule has 1 aromatic carbocycles. The van der Waals surface area contributed by atoms with Gasteiger partial charge in [0.05, 0.1) is 0 Å². The lowest BCUT2D eigenvalue weighted by atomic mass is 10.1. The van der Waals surface area contributed by atoms with E-state index in [1.54, 1.807) is 0 Å². The van der Waals surface area contributed by atoms with Gasteiger partial charge in [-0.3, -0.25) is 14.6 Å². The summed E-state index contributed by atoms with van der Waals surface area (Å²) in [6, 6.07) is 4.55. The summed E-state index contributed by atoms with van der Waals surface area (Å²) in [5.41, 5.74) is 0.578. The van der Waals surface area contributed by atoms with E-state index in [0.29, 0.717) is 12.0 Å². The second-order valence-corrected chi connectivity index (χ2v) is 9.65. The first-order valence-corrected chi connectivity index (χ1v) is 14.4. The number of nitrogens with one attached hydrogen (secondary N) is 1. The molecule has 0 saturated carbocycles. The minimum Gasteiger partial charge on any atom is -0.480 e. The van der Waals surface area contributed by atoms with Crippen molar-refractivity contribution in [3.8, 4) is 5.75 Å². The number of allylic oxidation sites excluding steroid dienone is 10. The summed E-state index contributed by atoms with van der Waals surface area (Å²) < 4.78 is 15.3. The van der Waals surface area contributed by atoms with Crippen LogP contribution in [0.25, 0.3) is 0 Å². The minimum atomic E-state index is -4.66. The van der Waals surface area contributed by atoms with Crippen LogP contribution in [0.3, 0.4) is 0 Å². The standard InChI is InChI=1S/C29H40NO7P/c1-2-3-4-5-6-7-8-9-10-11-12-13-14-15-16-17-18-19-28(31)30-27(29(32)33)24-25-20-22-26(23-21-25)37-38(34,35)36/h3-4,6-7,9-10,12-13,15-16,20-23,27H,2,5,8,11,14,17-19,24H2,1H3,(H,30,31)(H,32,33)(H2,34,35,36)/b4-3-,7-6-,10-9-,13-12-,16-15-/t27-/m0/s1. The molecule has 0 spiro atoms. The fourth-order valence-electron chi connectivity index (χ4n) is 3.28. The predicted octanol–water partition coefficient (Wildman–Crippen LogP) is 6.19. The summed E-state index contributed by atoms with van der Waals surface area (Å²) in [5.74, 6) is -1.54. The minimum absolute atomic E-state index is 0.0338. The number of hydrogen-bond acceptors (Lipinski definition) is 4. The molecule has 0 fully saturated rings. The van der Waals surface area contributed by atoms with E-state index in [-0.39, 0.29) is 24.5 Å². The second-order valence-electron chi connectivity index (χ2n) is 8.49. The number of aliphatic carboxylic acids is 1. The topological polar surface area (TPSA) is 133 Å². The van der Waals surface area contributed by atoms with Crippen LogP contribution >= 0.6 is 7.82 Å². The highest BCUT2D eigenvalue weighted by Gasteiger charge is 2.21. The molecular weight excluding hydrogens is 505 g/mol. The molecule has 208 valence electrons. The van der Waals surface area contributed by atoms with Crippen LogP contribution in [0, 0.1) is 0 Å². The highest BCUT2D eigenvalue weighted by molar-refractivity contribution is 7.46. The van der Waals surface area contributed by atoms with Crippen LogP contribution in [0.15, 0.2) is 85.0 Å². The van der Waals surface area contributed by atoms with Crippen molar-refractivity contribution in [1.29, 1.82) is 0 Å². The SMILES string of the molecule is CC/C=C\C/C=C\C/C=C\C/C=C\C/C=C\CCCC(=O)N[C@@H](Cc1ccc(OP(=O)(O)O)cc1)C(=O)O. The molecule has 1 atom stereocenters. The molecule has 9 heteroatoms. The quantitative estimate of drug-likeness (QED) is 0.0925. The van der Waals surface area contributed by atoms with Gasteiger partial charge in [0.1, 0.15) is 11.8 Å². The van der Waals surface area contributed by atoms with Crippen molar-refractivity contribution in [2.75, 3.05) is 0 Å². The van der Waals surface area contributed by atoms with E-state index >= 15 is 0 Å².